The topological polar surface area (TPSA) is 94.9 Å². The van der Waals surface area contributed by atoms with Gasteiger partial charge in [0.25, 0.3) is 5.91 Å². The molecule has 0 saturated carbocycles. The number of aromatic nitrogens is 2. The van der Waals surface area contributed by atoms with Crippen molar-refractivity contribution in [2.45, 2.75) is 6.18 Å². The molecule has 5 nitrogen and oxygen atoms in total. The van der Waals surface area contributed by atoms with Crippen molar-refractivity contribution in [1.82, 2.24) is 9.97 Å². The van der Waals surface area contributed by atoms with Crippen LogP contribution in [-0.4, -0.2) is 15.9 Å². The molecule has 0 aliphatic carbocycles. The van der Waals surface area contributed by atoms with Crippen LogP contribution in [0, 0.1) is 0 Å². The Morgan fingerprint density at radius 1 is 1.43 bits per heavy atom. The summed E-state index contributed by atoms with van der Waals surface area (Å²) in [5.41, 5.74) is 7.43. The monoisotopic (exact) mass is 206 g/mol. The smallest absolute Gasteiger partial charge is 0.368 e. The number of alkyl halides is 3. The van der Waals surface area contributed by atoms with Gasteiger partial charge in [-0.2, -0.15) is 13.2 Å². The van der Waals surface area contributed by atoms with E-state index in [-0.39, 0.29) is 0 Å². The number of rotatable bonds is 1. The van der Waals surface area contributed by atoms with Gasteiger partial charge in [0.2, 0.25) is 5.95 Å². The van der Waals surface area contributed by atoms with E-state index in [0.29, 0.717) is 6.20 Å². The number of hydrogen-bond donors (Lipinski definition) is 2. The minimum Gasteiger partial charge on any atom is -0.368 e. The molecule has 1 amide bonds. The van der Waals surface area contributed by atoms with Crippen molar-refractivity contribution in [2.24, 2.45) is 5.73 Å². The van der Waals surface area contributed by atoms with Crippen LogP contribution in [0.25, 0.3) is 0 Å². The van der Waals surface area contributed by atoms with E-state index in [1.54, 1.807) is 0 Å². The summed E-state index contributed by atoms with van der Waals surface area (Å²) < 4.78 is 36.7. The Morgan fingerprint density at radius 2 is 2.00 bits per heavy atom. The second kappa shape index (κ2) is 3.13. The quantitative estimate of drug-likeness (QED) is 0.684. The van der Waals surface area contributed by atoms with E-state index in [1.165, 1.54) is 0 Å². The molecule has 1 heterocycles. The molecule has 0 aromatic carbocycles. The summed E-state index contributed by atoms with van der Waals surface area (Å²) in [7, 11) is 0. The SMILES string of the molecule is NC(=O)c1cnc(N)nc1C(F)(F)F. The lowest BCUT2D eigenvalue weighted by molar-refractivity contribution is -0.141. The fraction of sp³-hybridized carbons (Fsp3) is 0.167. The summed E-state index contributed by atoms with van der Waals surface area (Å²) in [5.74, 6) is -1.82. The van der Waals surface area contributed by atoms with E-state index in [0.717, 1.165) is 0 Å². The number of carbonyl (C=O) groups is 1. The number of anilines is 1. The standard InChI is InChI=1S/C6H5F3N4O/c7-6(8,9)3-2(4(10)14)1-12-5(11)13-3/h1H,(H2,10,14)(H2,11,12,13). The van der Waals surface area contributed by atoms with Crippen LogP contribution in [0.1, 0.15) is 16.1 Å². The van der Waals surface area contributed by atoms with E-state index < -0.39 is 29.3 Å². The highest BCUT2D eigenvalue weighted by atomic mass is 19.4. The predicted molar refractivity (Wildman–Crippen MR) is 40.0 cm³/mol. The van der Waals surface area contributed by atoms with Gasteiger partial charge in [0.15, 0.2) is 5.69 Å². The zero-order valence-corrected chi connectivity index (χ0v) is 6.67. The molecule has 0 unspecified atom stereocenters. The Balaban J connectivity index is 3.38. The molecule has 76 valence electrons. The summed E-state index contributed by atoms with van der Waals surface area (Å²) >= 11 is 0. The molecule has 1 aromatic heterocycles. The van der Waals surface area contributed by atoms with Crippen LogP contribution in [-0.2, 0) is 6.18 Å². The van der Waals surface area contributed by atoms with Crippen LogP contribution in [0.2, 0.25) is 0 Å². The number of nitrogen functional groups attached to an aromatic ring is 1. The van der Waals surface area contributed by atoms with Crippen molar-refractivity contribution in [3.8, 4) is 0 Å². The summed E-state index contributed by atoms with van der Waals surface area (Å²) in [6.07, 6.45) is -4.13. The van der Waals surface area contributed by atoms with Crippen molar-refractivity contribution < 1.29 is 18.0 Å². The average molecular weight is 206 g/mol. The summed E-state index contributed by atoms with van der Waals surface area (Å²) in [4.78, 5) is 16.7. The first kappa shape index (κ1) is 10.2. The molecule has 0 aliphatic heterocycles. The Hall–Kier alpha value is -1.86. The third-order valence-corrected chi connectivity index (χ3v) is 1.34. The van der Waals surface area contributed by atoms with Gasteiger partial charge in [-0.05, 0) is 0 Å². The number of primary amides is 1. The van der Waals surface area contributed by atoms with Gasteiger partial charge in [-0.1, -0.05) is 0 Å². The maximum atomic E-state index is 12.2. The number of nitrogens with zero attached hydrogens (tertiary/aromatic N) is 2. The van der Waals surface area contributed by atoms with Crippen molar-refractivity contribution >= 4 is 11.9 Å². The Morgan fingerprint density at radius 3 is 2.43 bits per heavy atom. The van der Waals surface area contributed by atoms with E-state index in [1.807, 2.05) is 0 Å². The molecular weight excluding hydrogens is 201 g/mol. The second-order valence-electron chi connectivity index (χ2n) is 2.35. The van der Waals surface area contributed by atoms with Crippen LogP contribution in [0.4, 0.5) is 19.1 Å². The molecule has 0 fully saturated rings. The minimum atomic E-state index is -4.78. The van der Waals surface area contributed by atoms with Gasteiger partial charge >= 0.3 is 6.18 Å². The van der Waals surface area contributed by atoms with E-state index in [9.17, 15) is 18.0 Å². The third kappa shape index (κ3) is 1.90. The molecular formula is C6H5F3N4O. The van der Waals surface area contributed by atoms with E-state index in [4.69, 9.17) is 11.5 Å². The second-order valence-corrected chi connectivity index (χ2v) is 2.35. The van der Waals surface area contributed by atoms with Gasteiger partial charge in [0, 0.05) is 6.20 Å². The van der Waals surface area contributed by atoms with Crippen molar-refractivity contribution in [2.75, 3.05) is 5.73 Å². The van der Waals surface area contributed by atoms with Crippen molar-refractivity contribution in [1.29, 1.82) is 0 Å². The Kier molecular flexibility index (Phi) is 2.28. The molecule has 8 heteroatoms. The Labute approximate surface area is 75.9 Å². The van der Waals surface area contributed by atoms with E-state index in [2.05, 4.69) is 9.97 Å². The highest BCUT2D eigenvalue weighted by molar-refractivity contribution is 5.93. The van der Waals surface area contributed by atoms with Gasteiger partial charge < -0.3 is 11.5 Å². The van der Waals surface area contributed by atoms with Gasteiger partial charge in [-0.15, -0.1) is 0 Å². The Bertz CT molecular complexity index is 376. The molecule has 0 bridgehead atoms. The maximum absolute atomic E-state index is 12.2. The first-order valence-corrected chi connectivity index (χ1v) is 3.32. The van der Waals surface area contributed by atoms with Crippen molar-refractivity contribution in [3.05, 3.63) is 17.5 Å². The van der Waals surface area contributed by atoms with Gasteiger partial charge in [-0.25, -0.2) is 9.97 Å². The number of carbonyl (C=O) groups excluding carboxylic acids is 1. The number of hydrogen-bond acceptors (Lipinski definition) is 4. The normalized spacial score (nSPS) is 11.4. The predicted octanol–water partition coefficient (Wildman–Crippen LogP) is 0.177. The lowest BCUT2D eigenvalue weighted by Crippen LogP contribution is -2.21. The van der Waals surface area contributed by atoms with Crippen LogP contribution < -0.4 is 11.5 Å². The lowest BCUT2D eigenvalue weighted by atomic mass is 10.2. The molecule has 0 radical (unpaired) electrons. The molecule has 0 saturated heterocycles. The maximum Gasteiger partial charge on any atom is 0.434 e. The van der Waals surface area contributed by atoms with Crippen LogP contribution in [0.3, 0.4) is 0 Å². The largest absolute Gasteiger partial charge is 0.434 e. The zero-order chi connectivity index (χ0) is 10.9. The van der Waals surface area contributed by atoms with Crippen LogP contribution >= 0.6 is 0 Å². The first-order valence-electron chi connectivity index (χ1n) is 3.32. The van der Waals surface area contributed by atoms with Crippen molar-refractivity contribution in [3.63, 3.8) is 0 Å². The molecule has 0 atom stereocenters. The van der Waals surface area contributed by atoms with Gasteiger partial charge in [-0.3, -0.25) is 4.79 Å². The molecule has 1 rings (SSSR count). The summed E-state index contributed by atoms with van der Waals surface area (Å²) in [6.45, 7) is 0. The average Bonchev–Trinajstić information content (AvgIpc) is 2.01. The zero-order valence-electron chi connectivity index (χ0n) is 6.67. The summed E-state index contributed by atoms with van der Waals surface area (Å²) in [6, 6.07) is 0. The lowest BCUT2D eigenvalue weighted by Gasteiger charge is -2.08. The first-order chi connectivity index (χ1) is 6.32. The van der Waals surface area contributed by atoms with Crippen LogP contribution in [0.15, 0.2) is 6.20 Å². The molecule has 0 spiro atoms. The number of nitrogens with two attached hydrogens (primary N) is 2. The molecule has 14 heavy (non-hydrogen) atoms. The highest BCUT2D eigenvalue weighted by Crippen LogP contribution is 2.30. The number of halogens is 3. The molecule has 0 aliphatic rings. The summed E-state index contributed by atoms with van der Waals surface area (Å²) in [5, 5.41) is 0. The minimum absolute atomic E-state index is 0.567. The molecule has 1 aromatic rings. The highest BCUT2D eigenvalue weighted by Gasteiger charge is 2.37. The fourth-order valence-corrected chi connectivity index (χ4v) is 0.792. The van der Waals surface area contributed by atoms with E-state index >= 15 is 0 Å². The van der Waals surface area contributed by atoms with Gasteiger partial charge in [0.1, 0.15) is 0 Å². The van der Waals surface area contributed by atoms with Crippen LogP contribution in [0.5, 0.6) is 0 Å². The van der Waals surface area contributed by atoms with Gasteiger partial charge in [0.05, 0.1) is 5.56 Å². The fourth-order valence-electron chi connectivity index (χ4n) is 0.792. The third-order valence-electron chi connectivity index (χ3n) is 1.34. The molecule has 4 N–H and O–H groups in total. The number of amides is 1.